The molecule has 0 atom stereocenters. The van der Waals surface area contributed by atoms with Crippen LogP contribution in [-0.4, -0.2) is 18.8 Å². The van der Waals surface area contributed by atoms with Crippen molar-refractivity contribution in [3.05, 3.63) is 0 Å². The predicted octanol–water partition coefficient (Wildman–Crippen LogP) is 0.321. The molecule has 0 aliphatic carbocycles. The molecule has 1 heterocycles. The van der Waals surface area contributed by atoms with Gasteiger partial charge in [0, 0.05) is 11.6 Å². The molecule has 58 valence electrons. The predicted molar refractivity (Wildman–Crippen MR) is 42.9 cm³/mol. The smallest absolute Gasteiger partial charge is 0.0376 e. The van der Waals surface area contributed by atoms with Crippen molar-refractivity contribution in [1.82, 2.24) is 5.32 Å². The van der Waals surface area contributed by atoms with Crippen LogP contribution in [0.25, 0.3) is 0 Å². The topological polar surface area (TPSA) is 50.4 Å². The van der Waals surface area contributed by atoms with Crippen molar-refractivity contribution in [2.75, 3.05) is 13.1 Å². The highest BCUT2D eigenvalue weighted by Gasteiger charge is 2.14. The Balaban J connectivity index is 2.39. The molecule has 0 saturated carbocycles. The van der Waals surface area contributed by atoms with Gasteiger partial charge in [0.2, 0.25) is 0 Å². The fraction of sp³-hybridized carbons (Fsp3) is 0.857. The van der Waals surface area contributed by atoms with E-state index < -0.39 is 0 Å². The second-order valence-electron chi connectivity index (χ2n) is 2.79. The molecule has 0 bridgehead atoms. The normalized spacial score (nSPS) is 23.1. The Hall–Kier alpha value is -0.570. The molecule has 1 fully saturated rings. The lowest BCUT2D eigenvalue weighted by atomic mass is 9.94. The number of hydrazone groups is 1. The summed E-state index contributed by atoms with van der Waals surface area (Å²) in [6, 6.07) is 0. The van der Waals surface area contributed by atoms with Crippen molar-refractivity contribution in [2.24, 2.45) is 16.9 Å². The zero-order valence-corrected chi connectivity index (χ0v) is 6.43. The van der Waals surface area contributed by atoms with E-state index in [9.17, 15) is 0 Å². The van der Waals surface area contributed by atoms with E-state index in [4.69, 9.17) is 5.84 Å². The summed E-state index contributed by atoms with van der Waals surface area (Å²) in [6.45, 7) is 4.23. The molecule has 0 aromatic rings. The minimum atomic E-state index is 0.631. The third kappa shape index (κ3) is 1.70. The lowest BCUT2D eigenvalue weighted by Gasteiger charge is -2.21. The van der Waals surface area contributed by atoms with Crippen molar-refractivity contribution in [1.29, 1.82) is 0 Å². The highest BCUT2D eigenvalue weighted by molar-refractivity contribution is 5.84. The second-order valence-corrected chi connectivity index (χ2v) is 2.79. The Morgan fingerprint density at radius 2 is 2.10 bits per heavy atom. The van der Waals surface area contributed by atoms with Gasteiger partial charge >= 0.3 is 0 Å². The average molecular weight is 141 g/mol. The van der Waals surface area contributed by atoms with Crippen LogP contribution in [0.2, 0.25) is 0 Å². The second kappa shape index (κ2) is 3.56. The van der Waals surface area contributed by atoms with Gasteiger partial charge in [0.1, 0.15) is 0 Å². The van der Waals surface area contributed by atoms with Gasteiger partial charge in [-0.2, -0.15) is 5.10 Å². The summed E-state index contributed by atoms with van der Waals surface area (Å²) >= 11 is 0. The summed E-state index contributed by atoms with van der Waals surface area (Å²) in [7, 11) is 0. The van der Waals surface area contributed by atoms with Gasteiger partial charge in [-0.3, -0.25) is 0 Å². The van der Waals surface area contributed by atoms with E-state index in [2.05, 4.69) is 10.4 Å². The first kappa shape index (κ1) is 7.54. The molecule has 3 N–H and O–H groups in total. The number of nitrogens with two attached hydrogens (primary N) is 1. The molecule has 1 saturated heterocycles. The van der Waals surface area contributed by atoms with Crippen molar-refractivity contribution in [2.45, 2.75) is 19.8 Å². The quantitative estimate of drug-likeness (QED) is 0.314. The maximum atomic E-state index is 5.17. The number of nitrogens with zero attached hydrogens (tertiary/aromatic N) is 1. The Morgan fingerprint density at radius 3 is 2.60 bits per heavy atom. The summed E-state index contributed by atoms with van der Waals surface area (Å²) in [4.78, 5) is 0. The molecule has 1 aliphatic heterocycles. The van der Waals surface area contributed by atoms with Gasteiger partial charge in [-0.05, 0) is 32.9 Å². The summed E-state index contributed by atoms with van der Waals surface area (Å²) in [5.74, 6) is 5.80. The molecule has 0 aromatic carbocycles. The van der Waals surface area contributed by atoms with Crippen LogP contribution >= 0.6 is 0 Å². The molecule has 10 heavy (non-hydrogen) atoms. The van der Waals surface area contributed by atoms with Crippen LogP contribution in [-0.2, 0) is 0 Å². The molecule has 0 unspecified atom stereocenters. The maximum absolute atomic E-state index is 5.17. The number of hydrogen-bond acceptors (Lipinski definition) is 3. The first-order chi connectivity index (χ1) is 4.84. The van der Waals surface area contributed by atoms with Gasteiger partial charge in [-0.25, -0.2) is 0 Å². The number of hydrogen-bond donors (Lipinski definition) is 2. The third-order valence-electron chi connectivity index (χ3n) is 2.13. The fourth-order valence-corrected chi connectivity index (χ4v) is 1.35. The minimum Gasteiger partial charge on any atom is -0.323 e. The van der Waals surface area contributed by atoms with Gasteiger partial charge in [-0.1, -0.05) is 0 Å². The fourth-order valence-electron chi connectivity index (χ4n) is 1.35. The van der Waals surface area contributed by atoms with Crippen molar-refractivity contribution in [3.8, 4) is 0 Å². The first-order valence-electron chi connectivity index (χ1n) is 3.79. The molecule has 0 amide bonds. The Labute approximate surface area is 61.7 Å². The van der Waals surface area contributed by atoms with Gasteiger partial charge in [-0.15, -0.1) is 0 Å². The number of rotatable bonds is 1. The van der Waals surface area contributed by atoms with Crippen LogP contribution in [0.1, 0.15) is 19.8 Å². The van der Waals surface area contributed by atoms with Crippen LogP contribution < -0.4 is 11.2 Å². The summed E-state index contributed by atoms with van der Waals surface area (Å²) in [5.41, 5.74) is 1.10. The first-order valence-corrected chi connectivity index (χ1v) is 3.79. The zero-order valence-electron chi connectivity index (χ0n) is 6.43. The highest BCUT2D eigenvalue weighted by Crippen LogP contribution is 2.12. The van der Waals surface area contributed by atoms with Crippen LogP contribution in [0.5, 0.6) is 0 Å². The number of piperidine rings is 1. The molecule has 1 rings (SSSR count). The molecule has 3 nitrogen and oxygen atoms in total. The third-order valence-corrected chi connectivity index (χ3v) is 2.13. The molecule has 1 aliphatic rings. The molecule has 0 spiro atoms. The van der Waals surface area contributed by atoms with Crippen molar-refractivity contribution in [3.63, 3.8) is 0 Å². The van der Waals surface area contributed by atoms with E-state index in [0.29, 0.717) is 5.92 Å². The van der Waals surface area contributed by atoms with Crippen LogP contribution in [0, 0.1) is 5.92 Å². The monoisotopic (exact) mass is 141 g/mol. The molecular weight excluding hydrogens is 126 g/mol. The van der Waals surface area contributed by atoms with Gasteiger partial charge in [0.25, 0.3) is 0 Å². The summed E-state index contributed by atoms with van der Waals surface area (Å²) in [6.07, 6.45) is 2.37. The molecule has 3 heteroatoms. The average Bonchev–Trinajstić information content (AvgIpc) is 2.05. The van der Waals surface area contributed by atoms with Gasteiger partial charge in [0.05, 0.1) is 0 Å². The van der Waals surface area contributed by atoms with Crippen molar-refractivity contribution < 1.29 is 0 Å². The zero-order chi connectivity index (χ0) is 7.40. The Kier molecular flexibility index (Phi) is 2.68. The van der Waals surface area contributed by atoms with E-state index >= 15 is 0 Å². The lowest BCUT2D eigenvalue weighted by Crippen LogP contribution is -2.31. The standard InChI is InChI=1S/C7H15N3/c1-6(10-8)7-2-4-9-5-3-7/h7,9H,2-5,8H2,1H3/b10-6+. The Bertz CT molecular complexity index is 125. The van der Waals surface area contributed by atoms with Crippen LogP contribution in [0.4, 0.5) is 0 Å². The van der Waals surface area contributed by atoms with Gasteiger partial charge < -0.3 is 11.2 Å². The molecule has 0 aromatic heterocycles. The summed E-state index contributed by atoms with van der Waals surface area (Å²) < 4.78 is 0. The van der Waals surface area contributed by atoms with E-state index in [1.54, 1.807) is 0 Å². The van der Waals surface area contributed by atoms with E-state index in [0.717, 1.165) is 18.8 Å². The molecular formula is C7H15N3. The van der Waals surface area contributed by atoms with E-state index in [1.165, 1.54) is 12.8 Å². The van der Waals surface area contributed by atoms with Gasteiger partial charge in [0.15, 0.2) is 0 Å². The largest absolute Gasteiger partial charge is 0.323 e. The van der Waals surface area contributed by atoms with Crippen LogP contribution in [0.15, 0.2) is 5.10 Å². The number of nitrogens with one attached hydrogen (secondary N) is 1. The Morgan fingerprint density at radius 1 is 1.50 bits per heavy atom. The van der Waals surface area contributed by atoms with Crippen molar-refractivity contribution >= 4 is 5.71 Å². The summed E-state index contributed by atoms with van der Waals surface area (Å²) in [5, 5.41) is 7.00. The lowest BCUT2D eigenvalue weighted by molar-refractivity contribution is 0.455. The van der Waals surface area contributed by atoms with E-state index in [-0.39, 0.29) is 0 Å². The maximum Gasteiger partial charge on any atom is 0.0376 e. The SMILES string of the molecule is C/C(=N\N)C1CCNCC1. The van der Waals surface area contributed by atoms with E-state index in [1.807, 2.05) is 6.92 Å². The minimum absolute atomic E-state index is 0.631. The van der Waals surface area contributed by atoms with Crippen LogP contribution in [0.3, 0.4) is 0 Å². The molecule has 0 radical (unpaired) electrons. The highest BCUT2D eigenvalue weighted by atomic mass is 15.1.